The second-order valence-corrected chi connectivity index (χ2v) is 6.63. The van der Waals surface area contributed by atoms with Crippen LogP contribution in [0.3, 0.4) is 0 Å². The summed E-state index contributed by atoms with van der Waals surface area (Å²) in [6.45, 7) is 13.5. The first kappa shape index (κ1) is 16.5. The monoisotopic (exact) mass is 275 g/mol. The Morgan fingerprint density at radius 2 is 1.53 bits per heavy atom. The molecule has 0 bridgehead atoms. The van der Waals surface area contributed by atoms with Crippen LogP contribution in [0.1, 0.15) is 82.6 Å². The molecular weight excluding hydrogens is 248 g/mol. The Hall–Kier alpha value is -0.603. The molecule has 1 unspecified atom stereocenters. The van der Waals surface area contributed by atoms with Crippen molar-refractivity contribution >= 4 is 10.5 Å². The molecule has 105 valence electrons. The SMILES string of the molecule is CC(C)CC(O[Si])c1cccc(C(C)C)c1C(C)C. The Morgan fingerprint density at radius 1 is 0.947 bits per heavy atom. The van der Waals surface area contributed by atoms with Gasteiger partial charge in [0.15, 0.2) is 0 Å². The molecule has 0 saturated carbocycles. The highest BCUT2D eigenvalue weighted by Gasteiger charge is 2.20. The van der Waals surface area contributed by atoms with Crippen LogP contribution in [0.15, 0.2) is 18.2 Å². The maximum atomic E-state index is 5.58. The highest BCUT2D eigenvalue weighted by Crippen LogP contribution is 2.35. The van der Waals surface area contributed by atoms with E-state index in [0.717, 1.165) is 6.42 Å². The van der Waals surface area contributed by atoms with Crippen molar-refractivity contribution in [2.45, 2.75) is 65.9 Å². The van der Waals surface area contributed by atoms with Crippen LogP contribution in [-0.4, -0.2) is 10.5 Å². The summed E-state index contributed by atoms with van der Waals surface area (Å²) in [6.07, 6.45) is 1.16. The smallest absolute Gasteiger partial charge is 0.247 e. The molecule has 1 aromatic carbocycles. The summed E-state index contributed by atoms with van der Waals surface area (Å²) in [4.78, 5) is 0. The summed E-state index contributed by atoms with van der Waals surface area (Å²) < 4.78 is 5.58. The second-order valence-electron chi connectivity index (χ2n) is 6.40. The van der Waals surface area contributed by atoms with E-state index in [1.807, 2.05) is 0 Å². The van der Waals surface area contributed by atoms with Crippen molar-refractivity contribution in [2.75, 3.05) is 0 Å². The lowest BCUT2D eigenvalue weighted by molar-refractivity contribution is 0.193. The molecule has 1 atom stereocenters. The van der Waals surface area contributed by atoms with Crippen LogP contribution >= 0.6 is 0 Å². The molecule has 19 heavy (non-hydrogen) atoms. The fourth-order valence-electron chi connectivity index (χ4n) is 2.72. The first-order valence-corrected chi connectivity index (χ1v) is 7.74. The molecule has 0 N–H and O–H groups in total. The van der Waals surface area contributed by atoms with E-state index >= 15 is 0 Å². The van der Waals surface area contributed by atoms with Gasteiger partial charge in [-0.05, 0) is 40.9 Å². The molecule has 1 rings (SSSR count). The van der Waals surface area contributed by atoms with Crippen molar-refractivity contribution in [3.05, 3.63) is 34.9 Å². The third kappa shape index (κ3) is 4.18. The van der Waals surface area contributed by atoms with E-state index in [2.05, 4.69) is 70.2 Å². The summed E-state index contributed by atoms with van der Waals surface area (Å²) >= 11 is 0. The van der Waals surface area contributed by atoms with Crippen LogP contribution in [0.25, 0.3) is 0 Å². The summed E-state index contributed by atoms with van der Waals surface area (Å²) in [6, 6.07) is 6.63. The minimum atomic E-state index is 0.132. The Balaban J connectivity index is 3.28. The van der Waals surface area contributed by atoms with Gasteiger partial charge in [0.2, 0.25) is 10.5 Å². The van der Waals surface area contributed by atoms with E-state index in [1.165, 1.54) is 16.7 Å². The molecule has 1 aromatic rings. The van der Waals surface area contributed by atoms with E-state index in [4.69, 9.17) is 4.43 Å². The summed E-state index contributed by atoms with van der Waals surface area (Å²) in [5.41, 5.74) is 4.25. The van der Waals surface area contributed by atoms with Crippen LogP contribution in [-0.2, 0) is 4.43 Å². The topological polar surface area (TPSA) is 9.23 Å². The maximum absolute atomic E-state index is 5.58. The second kappa shape index (κ2) is 7.25. The van der Waals surface area contributed by atoms with Gasteiger partial charge in [-0.2, -0.15) is 0 Å². The largest absolute Gasteiger partial charge is 0.412 e. The van der Waals surface area contributed by atoms with Crippen molar-refractivity contribution in [1.82, 2.24) is 0 Å². The Morgan fingerprint density at radius 3 is 1.95 bits per heavy atom. The zero-order valence-electron chi connectivity index (χ0n) is 13.2. The van der Waals surface area contributed by atoms with Gasteiger partial charge in [0.1, 0.15) is 0 Å². The molecule has 0 saturated heterocycles. The predicted octanol–water partition coefficient (Wildman–Crippen LogP) is 5.12. The summed E-state index contributed by atoms with van der Waals surface area (Å²) in [5.74, 6) is 1.68. The molecule has 0 heterocycles. The quantitative estimate of drug-likeness (QED) is 0.655. The Bertz CT molecular complexity index is 396. The van der Waals surface area contributed by atoms with E-state index in [9.17, 15) is 0 Å². The first-order valence-electron chi connectivity index (χ1n) is 7.33. The number of hydrogen-bond donors (Lipinski definition) is 0. The van der Waals surface area contributed by atoms with Crippen molar-refractivity contribution in [1.29, 1.82) is 0 Å². The molecule has 0 fully saturated rings. The fraction of sp³-hybridized carbons (Fsp3) is 0.647. The zero-order chi connectivity index (χ0) is 14.6. The third-order valence-electron chi connectivity index (χ3n) is 3.55. The van der Waals surface area contributed by atoms with E-state index in [0.29, 0.717) is 17.8 Å². The predicted molar refractivity (Wildman–Crippen MR) is 83.7 cm³/mol. The van der Waals surface area contributed by atoms with Gasteiger partial charge in [-0.25, -0.2) is 0 Å². The minimum Gasteiger partial charge on any atom is -0.412 e. The molecule has 0 aliphatic carbocycles. The van der Waals surface area contributed by atoms with Gasteiger partial charge in [-0.1, -0.05) is 59.7 Å². The van der Waals surface area contributed by atoms with Gasteiger partial charge in [-0.3, -0.25) is 0 Å². The van der Waals surface area contributed by atoms with Gasteiger partial charge in [-0.15, -0.1) is 0 Å². The molecular formula is C17H27OSi. The van der Waals surface area contributed by atoms with E-state index < -0.39 is 0 Å². The Labute approximate surface area is 122 Å². The summed E-state index contributed by atoms with van der Waals surface area (Å²) in [5, 5.41) is 0. The number of rotatable bonds is 6. The van der Waals surface area contributed by atoms with Crippen molar-refractivity contribution in [3.63, 3.8) is 0 Å². The van der Waals surface area contributed by atoms with Gasteiger partial charge < -0.3 is 4.43 Å². The molecule has 0 aliphatic rings. The Kier molecular flexibility index (Phi) is 6.28. The molecule has 0 amide bonds. The third-order valence-corrected chi connectivity index (χ3v) is 3.83. The molecule has 2 heteroatoms. The van der Waals surface area contributed by atoms with Crippen molar-refractivity contribution in [2.24, 2.45) is 5.92 Å². The average molecular weight is 275 g/mol. The highest BCUT2D eigenvalue weighted by atomic mass is 28.2. The van der Waals surface area contributed by atoms with Gasteiger partial charge in [0, 0.05) is 0 Å². The van der Waals surface area contributed by atoms with Crippen LogP contribution in [0.2, 0.25) is 0 Å². The molecule has 1 nitrogen and oxygen atoms in total. The first-order chi connectivity index (χ1) is 8.88. The minimum absolute atomic E-state index is 0.132. The number of benzene rings is 1. The molecule has 0 spiro atoms. The maximum Gasteiger partial charge on any atom is 0.247 e. The van der Waals surface area contributed by atoms with Gasteiger partial charge in [0.25, 0.3) is 0 Å². The molecule has 0 aromatic heterocycles. The molecule has 3 radical (unpaired) electrons. The average Bonchev–Trinajstić information content (AvgIpc) is 2.34. The van der Waals surface area contributed by atoms with Crippen LogP contribution in [0.4, 0.5) is 0 Å². The lowest BCUT2D eigenvalue weighted by Gasteiger charge is -2.26. The number of hydrogen-bond acceptors (Lipinski definition) is 1. The fourth-order valence-corrected chi connectivity index (χ4v) is 2.94. The summed E-state index contributed by atoms with van der Waals surface area (Å²) in [7, 11) is 3.28. The lowest BCUT2D eigenvalue weighted by atomic mass is 9.84. The van der Waals surface area contributed by atoms with Crippen LogP contribution in [0.5, 0.6) is 0 Å². The van der Waals surface area contributed by atoms with Gasteiger partial charge >= 0.3 is 0 Å². The molecule has 0 aliphatic heterocycles. The standard InChI is InChI=1S/C17H27OSi/c1-11(2)10-16(18-19)15-9-7-8-14(12(3)4)17(15)13(5)6/h7-9,11-13,16H,10H2,1-6H3. The van der Waals surface area contributed by atoms with E-state index in [-0.39, 0.29) is 6.10 Å². The lowest BCUT2D eigenvalue weighted by Crippen LogP contribution is -2.12. The van der Waals surface area contributed by atoms with Crippen LogP contribution in [0, 0.1) is 5.92 Å². The van der Waals surface area contributed by atoms with Crippen molar-refractivity contribution in [3.8, 4) is 0 Å². The highest BCUT2D eigenvalue weighted by molar-refractivity contribution is 5.98. The van der Waals surface area contributed by atoms with E-state index in [1.54, 1.807) is 0 Å². The van der Waals surface area contributed by atoms with Crippen LogP contribution < -0.4 is 0 Å². The zero-order valence-corrected chi connectivity index (χ0v) is 14.2. The van der Waals surface area contributed by atoms with Gasteiger partial charge in [0.05, 0.1) is 6.10 Å². The normalized spacial score (nSPS) is 13.6. The van der Waals surface area contributed by atoms with Crippen molar-refractivity contribution < 1.29 is 4.43 Å².